The Morgan fingerprint density at radius 2 is 2.21 bits per heavy atom. The van der Waals surface area contributed by atoms with Crippen molar-refractivity contribution >= 4 is 29.4 Å². The number of carbonyl (C=O) groups is 2. The van der Waals surface area contributed by atoms with Crippen LogP contribution in [0, 0.1) is 12.8 Å². The number of nitrogens with zero attached hydrogens (tertiary/aromatic N) is 1. The Labute approximate surface area is 148 Å². The number of anilines is 1. The van der Waals surface area contributed by atoms with E-state index in [9.17, 15) is 9.59 Å². The van der Waals surface area contributed by atoms with E-state index in [1.54, 1.807) is 4.90 Å². The van der Waals surface area contributed by atoms with E-state index in [2.05, 4.69) is 25.2 Å². The molecule has 0 bridgehead atoms. The number of primary amides is 1. The van der Waals surface area contributed by atoms with Gasteiger partial charge in [0.05, 0.1) is 5.92 Å². The van der Waals surface area contributed by atoms with E-state index in [1.165, 1.54) is 4.90 Å². The van der Waals surface area contributed by atoms with Crippen LogP contribution < -0.4 is 11.1 Å². The van der Waals surface area contributed by atoms with Gasteiger partial charge in [-0.2, -0.15) is 0 Å². The van der Waals surface area contributed by atoms with Crippen LogP contribution in [0.1, 0.15) is 38.7 Å². The van der Waals surface area contributed by atoms with Gasteiger partial charge in [-0.15, -0.1) is 11.8 Å². The van der Waals surface area contributed by atoms with Gasteiger partial charge in [0, 0.05) is 28.9 Å². The largest absolute Gasteiger partial charge is 0.369 e. The van der Waals surface area contributed by atoms with Crippen LogP contribution in [0.2, 0.25) is 0 Å². The summed E-state index contributed by atoms with van der Waals surface area (Å²) in [6.07, 6.45) is 2.70. The van der Waals surface area contributed by atoms with Crippen molar-refractivity contribution in [1.82, 2.24) is 4.90 Å². The zero-order chi connectivity index (χ0) is 17.7. The van der Waals surface area contributed by atoms with Gasteiger partial charge in [-0.3, -0.25) is 4.79 Å². The first kappa shape index (κ1) is 18.6. The van der Waals surface area contributed by atoms with Crippen LogP contribution in [-0.4, -0.2) is 35.2 Å². The molecule has 5 nitrogen and oxygen atoms in total. The third kappa shape index (κ3) is 4.90. The lowest BCUT2D eigenvalue weighted by atomic mass is 9.98. The van der Waals surface area contributed by atoms with Crippen molar-refractivity contribution in [2.45, 2.75) is 50.2 Å². The number of hydrogen-bond acceptors (Lipinski definition) is 3. The molecule has 3 N–H and O–H groups in total. The number of rotatable bonds is 5. The monoisotopic (exact) mass is 349 g/mol. The third-order valence-corrected chi connectivity index (χ3v) is 5.72. The van der Waals surface area contributed by atoms with Crippen molar-refractivity contribution < 1.29 is 9.59 Å². The lowest BCUT2D eigenvalue weighted by Crippen LogP contribution is -2.45. The molecule has 1 aliphatic rings. The molecule has 2 atom stereocenters. The molecule has 132 valence electrons. The Morgan fingerprint density at radius 1 is 1.46 bits per heavy atom. The molecule has 1 fully saturated rings. The fourth-order valence-corrected chi connectivity index (χ4v) is 3.78. The summed E-state index contributed by atoms with van der Waals surface area (Å²) in [4.78, 5) is 26.7. The van der Waals surface area contributed by atoms with E-state index in [0.717, 1.165) is 30.5 Å². The second-order valence-corrected chi connectivity index (χ2v) is 7.94. The zero-order valence-corrected chi connectivity index (χ0v) is 15.5. The molecule has 3 amide bonds. The highest BCUT2D eigenvalue weighted by Gasteiger charge is 2.27. The molecule has 1 aromatic carbocycles. The molecule has 1 heterocycles. The topological polar surface area (TPSA) is 75.4 Å². The molecule has 1 aromatic rings. The Morgan fingerprint density at radius 3 is 2.83 bits per heavy atom. The highest BCUT2D eigenvalue weighted by Crippen LogP contribution is 2.28. The van der Waals surface area contributed by atoms with Gasteiger partial charge in [-0.05, 0) is 49.9 Å². The van der Waals surface area contributed by atoms with E-state index >= 15 is 0 Å². The Kier molecular flexibility index (Phi) is 6.54. The lowest BCUT2D eigenvalue weighted by Gasteiger charge is -2.31. The van der Waals surface area contributed by atoms with Crippen molar-refractivity contribution in [1.29, 1.82) is 0 Å². The predicted octanol–water partition coefficient (Wildman–Crippen LogP) is 3.61. The molecular formula is C18H27N3O2S. The minimum atomic E-state index is -0.324. The number of amides is 3. The number of aryl methyl sites for hydroxylation is 1. The third-order valence-electron chi connectivity index (χ3n) is 4.46. The highest BCUT2D eigenvalue weighted by atomic mass is 32.2. The van der Waals surface area contributed by atoms with E-state index in [4.69, 9.17) is 5.73 Å². The molecule has 6 heteroatoms. The van der Waals surface area contributed by atoms with Crippen molar-refractivity contribution in [3.05, 3.63) is 23.8 Å². The number of nitrogens with one attached hydrogen (secondary N) is 1. The van der Waals surface area contributed by atoms with Gasteiger partial charge >= 0.3 is 6.03 Å². The first-order valence-corrected chi connectivity index (χ1v) is 9.41. The number of piperidine rings is 1. The van der Waals surface area contributed by atoms with Crippen LogP contribution in [0.15, 0.2) is 23.1 Å². The van der Waals surface area contributed by atoms with Gasteiger partial charge in [-0.25, -0.2) is 4.79 Å². The van der Waals surface area contributed by atoms with Crippen molar-refractivity contribution in [2.24, 2.45) is 11.7 Å². The normalized spacial score (nSPS) is 19.0. The molecule has 1 saturated heterocycles. The molecule has 0 unspecified atom stereocenters. The number of hydrogen-bond donors (Lipinski definition) is 2. The van der Waals surface area contributed by atoms with Crippen LogP contribution in [0.5, 0.6) is 0 Å². The minimum Gasteiger partial charge on any atom is -0.369 e. The van der Waals surface area contributed by atoms with Crippen molar-refractivity contribution in [3.8, 4) is 0 Å². The fourth-order valence-electron chi connectivity index (χ4n) is 2.75. The van der Waals surface area contributed by atoms with E-state index < -0.39 is 0 Å². The van der Waals surface area contributed by atoms with E-state index in [-0.39, 0.29) is 17.9 Å². The molecule has 0 radical (unpaired) electrons. The van der Waals surface area contributed by atoms with Gasteiger partial charge in [0.15, 0.2) is 0 Å². The maximum absolute atomic E-state index is 12.5. The Balaban J connectivity index is 1.99. The summed E-state index contributed by atoms with van der Waals surface area (Å²) in [7, 11) is 0. The smallest absolute Gasteiger partial charge is 0.321 e. The summed E-state index contributed by atoms with van der Waals surface area (Å²) in [6, 6.07) is 5.94. The number of likely N-dealkylation sites (tertiary alicyclic amines) is 1. The average Bonchev–Trinajstić information content (AvgIpc) is 2.57. The number of carbonyl (C=O) groups excluding carboxylic acids is 2. The summed E-state index contributed by atoms with van der Waals surface area (Å²) in [5.41, 5.74) is 7.23. The highest BCUT2D eigenvalue weighted by molar-refractivity contribution is 7.99. The van der Waals surface area contributed by atoms with Gasteiger partial charge in [-0.1, -0.05) is 13.8 Å². The first-order chi connectivity index (χ1) is 11.4. The molecule has 1 aliphatic heterocycles. The molecule has 0 saturated carbocycles. The number of thioether (sulfide) groups is 1. The maximum Gasteiger partial charge on any atom is 0.321 e. The van der Waals surface area contributed by atoms with Crippen LogP contribution in [0.25, 0.3) is 0 Å². The van der Waals surface area contributed by atoms with E-state index in [1.807, 2.05) is 30.8 Å². The van der Waals surface area contributed by atoms with Gasteiger partial charge in [0.1, 0.15) is 0 Å². The van der Waals surface area contributed by atoms with E-state index in [0.29, 0.717) is 18.3 Å². The van der Waals surface area contributed by atoms with Gasteiger partial charge < -0.3 is 16.0 Å². The molecular weight excluding hydrogens is 322 g/mol. The predicted molar refractivity (Wildman–Crippen MR) is 99.3 cm³/mol. The summed E-state index contributed by atoms with van der Waals surface area (Å²) < 4.78 is 0. The molecule has 2 rings (SSSR count). The molecule has 0 aromatic heterocycles. The minimum absolute atomic E-state index is 0.161. The summed E-state index contributed by atoms with van der Waals surface area (Å²) in [6.45, 7) is 7.45. The zero-order valence-electron chi connectivity index (χ0n) is 14.7. The van der Waals surface area contributed by atoms with Crippen LogP contribution >= 0.6 is 11.8 Å². The SMILES string of the molecule is CC[C@H](C)Sc1ccc(NC(=O)N2CCC[C@@H](C(N)=O)C2)c(C)c1. The van der Waals surface area contributed by atoms with Crippen molar-refractivity contribution in [2.75, 3.05) is 18.4 Å². The summed E-state index contributed by atoms with van der Waals surface area (Å²) in [5, 5.41) is 3.53. The number of benzene rings is 1. The molecule has 0 spiro atoms. The second kappa shape index (κ2) is 8.42. The number of nitrogens with two attached hydrogens (primary N) is 1. The van der Waals surface area contributed by atoms with Crippen LogP contribution in [-0.2, 0) is 4.79 Å². The standard InChI is InChI=1S/C18H27N3O2S/c1-4-13(3)24-15-7-8-16(12(2)10-15)20-18(23)21-9-5-6-14(11-21)17(19)22/h7-8,10,13-14H,4-6,9,11H2,1-3H3,(H2,19,22)(H,20,23)/t13-,14+/m0/s1. The molecule has 24 heavy (non-hydrogen) atoms. The van der Waals surface area contributed by atoms with Crippen molar-refractivity contribution in [3.63, 3.8) is 0 Å². The maximum atomic E-state index is 12.5. The lowest BCUT2D eigenvalue weighted by molar-refractivity contribution is -0.123. The fraction of sp³-hybridized carbons (Fsp3) is 0.556. The number of urea groups is 1. The van der Waals surface area contributed by atoms with Gasteiger partial charge in [0.2, 0.25) is 5.91 Å². The van der Waals surface area contributed by atoms with Gasteiger partial charge in [0.25, 0.3) is 0 Å². The van der Waals surface area contributed by atoms with Crippen LogP contribution in [0.4, 0.5) is 10.5 Å². The Bertz CT molecular complexity index is 606. The second-order valence-electron chi connectivity index (χ2n) is 6.43. The summed E-state index contributed by atoms with van der Waals surface area (Å²) >= 11 is 1.84. The summed E-state index contributed by atoms with van der Waals surface area (Å²) in [5.74, 6) is -0.560. The first-order valence-electron chi connectivity index (χ1n) is 8.53. The quantitative estimate of drug-likeness (QED) is 0.797. The Hall–Kier alpha value is -1.69. The average molecular weight is 350 g/mol. The van der Waals surface area contributed by atoms with Crippen LogP contribution in [0.3, 0.4) is 0 Å². The molecule has 0 aliphatic carbocycles.